The van der Waals surface area contributed by atoms with E-state index in [0.717, 1.165) is 6.42 Å². The zero-order valence-electron chi connectivity index (χ0n) is 9.23. The van der Waals surface area contributed by atoms with Crippen molar-refractivity contribution in [2.75, 3.05) is 0 Å². The third kappa shape index (κ3) is 11.7. The van der Waals surface area contributed by atoms with Crippen molar-refractivity contribution in [2.45, 2.75) is 64.7 Å². The van der Waals surface area contributed by atoms with Crippen LogP contribution in [0, 0.1) is 6.92 Å². The molecule has 0 saturated heterocycles. The summed E-state index contributed by atoms with van der Waals surface area (Å²) in [5, 5.41) is 0. The monoisotopic (exact) mass is 181 g/mol. The molecule has 0 aromatic heterocycles. The summed E-state index contributed by atoms with van der Waals surface area (Å²) in [5.41, 5.74) is 0. The Morgan fingerprint density at radius 3 is 2.15 bits per heavy atom. The molecule has 0 atom stereocenters. The van der Waals surface area contributed by atoms with Crippen molar-refractivity contribution in [3.63, 3.8) is 0 Å². The van der Waals surface area contributed by atoms with E-state index < -0.39 is 0 Å². The molecule has 1 radical (unpaired) electrons. The van der Waals surface area contributed by atoms with Crippen LogP contribution in [0.5, 0.6) is 0 Å². The Balaban J connectivity index is 2.91. The van der Waals surface area contributed by atoms with Crippen LogP contribution < -0.4 is 0 Å². The van der Waals surface area contributed by atoms with Gasteiger partial charge in [0.05, 0.1) is 0 Å². The van der Waals surface area contributed by atoms with Crippen molar-refractivity contribution in [1.29, 1.82) is 0 Å². The van der Waals surface area contributed by atoms with Gasteiger partial charge in [-0.05, 0) is 19.3 Å². The van der Waals surface area contributed by atoms with E-state index in [4.69, 9.17) is 0 Å². The number of unbranched alkanes of at least 4 members (excludes halogenated alkanes) is 7. The van der Waals surface area contributed by atoms with Crippen LogP contribution >= 0.6 is 0 Å². The fourth-order valence-corrected chi connectivity index (χ4v) is 1.37. The predicted molar refractivity (Wildman–Crippen MR) is 61.7 cm³/mol. The molecule has 0 aromatic carbocycles. The molecule has 0 aliphatic carbocycles. The van der Waals surface area contributed by atoms with Crippen LogP contribution in [-0.2, 0) is 0 Å². The molecule has 0 aliphatic heterocycles. The van der Waals surface area contributed by atoms with Gasteiger partial charge < -0.3 is 0 Å². The molecule has 0 unspecified atom stereocenters. The Hall–Kier alpha value is -0.260. The number of hydrogen-bond donors (Lipinski definition) is 0. The first-order valence-corrected chi connectivity index (χ1v) is 5.86. The largest absolute Gasteiger partial charge is 0.0885 e. The SMILES string of the molecule is [CH2]CCCCCCCC=CCCC. The minimum atomic E-state index is 1.11. The maximum Gasteiger partial charge on any atom is -0.0351 e. The normalized spacial score (nSPS) is 11.2. The second-order valence-electron chi connectivity index (χ2n) is 3.67. The molecule has 0 bridgehead atoms. The molecule has 13 heavy (non-hydrogen) atoms. The van der Waals surface area contributed by atoms with Crippen molar-refractivity contribution in [1.82, 2.24) is 0 Å². The van der Waals surface area contributed by atoms with E-state index >= 15 is 0 Å². The summed E-state index contributed by atoms with van der Waals surface area (Å²) in [6, 6.07) is 0. The van der Waals surface area contributed by atoms with E-state index in [1.165, 1.54) is 51.4 Å². The highest BCUT2D eigenvalue weighted by Crippen LogP contribution is 2.07. The highest BCUT2D eigenvalue weighted by molar-refractivity contribution is 4.80. The summed E-state index contributed by atoms with van der Waals surface area (Å²) in [6.07, 6.45) is 16.4. The fraction of sp³-hybridized carbons (Fsp3) is 0.769. The van der Waals surface area contributed by atoms with E-state index in [1.54, 1.807) is 0 Å². The second kappa shape index (κ2) is 11.7. The van der Waals surface area contributed by atoms with Gasteiger partial charge >= 0.3 is 0 Å². The van der Waals surface area contributed by atoms with Crippen LogP contribution in [0.3, 0.4) is 0 Å². The van der Waals surface area contributed by atoms with Gasteiger partial charge in [-0.15, -0.1) is 0 Å². The van der Waals surface area contributed by atoms with Gasteiger partial charge in [0.1, 0.15) is 0 Å². The van der Waals surface area contributed by atoms with Crippen LogP contribution in [0.25, 0.3) is 0 Å². The molecule has 0 aliphatic rings. The summed E-state index contributed by atoms with van der Waals surface area (Å²) in [7, 11) is 0. The Morgan fingerprint density at radius 1 is 0.846 bits per heavy atom. The molecular formula is C13H25. The van der Waals surface area contributed by atoms with Crippen molar-refractivity contribution in [3.05, 3.63) is 19.1 Å². The Kier molecular flexibility index (Phi) is 11.5. The molecule has 0 nitrogen and oxygen atoms in total. The van der Waals surface area contributed by atoms with Crippen LogP contribution in [0.15, 0.2) is 12.2 Å². The Morgan fingerprint density at radius 2 is 1.46 bits per heavy atom. The van der Waals surface area contributed by atoms with E-state index in [9.17, 15) is 0 Å². The topological polar surface area (TPSA) is 0 Å². The van der Waals surface area contributed by atoms with Crippen LogP contribution in [0.4, 0.5) is 0 Å². The molecule has 0 heterocycles. The van der Waals surface area contributed by atoms with E-state index in [1.807, 2.05) is 0 Å². The quantitative estimate of drug-likeness (QED) is 0.350. The average molecular weight is 181 g/mol. The lowest BCUT2D eigenvalue weighted by Crippen LogP contribution is -1.77. The first-order chi connectivity index (χ1) is 6.41. The molecule has 0 rings (SSSR count). The van der Waals surface area contributed by atoms with Crippen molar-refractivity contribution >= 4 is 0 Å². The minimum Gasteiger partial charge on any atom is -0.0885 e. The summed E-state index contributed by atoms with van der Waals surface area (Å²) in [6.45, 7) is 6.07. The third-order valence-corrected chi connectivity index (χ3v) is 2.24. The van der Waals surface area contributed by atoms with Crippen molar-refractivity contribution in [3.8, 4) is 0 Å². The molecule has 0 aromatic rings. The van der Waals surface area contributed by atoms with Gasteiger partial charge in [0.2, 0.25) is 0 Å². The molecule has 0 spiro atoms. The summed E-state index contributed by atoms with van der Waals surface area (Å²) in [5.74, 6) is 0. The Bertz CT molecular complexity index is 103. The smallest absolute Gasteiger partial charge is 0.0351 e. The highest BCUT2D eigenvalue weighted by Gasteiger charge is 1.87. The van der Waals surface area contributed by atoms with Gasteiger partial charge in [-0.3, -0.25) is 0 Å². The molecular weight excluding hydrogens is 156 g/mol. The lowest BCUT2D eigenvalue weighted by molar-refractivity contribution is 0.621. The lowest BCUT2D eigenvalue weighted by atomic mass is 10.1. The molecule has 0 fully saturated rings. The van der Waals surface area contributed by atoms with Crippen molar-refractivity contribution in [2.24, 2.45) is 0 Å². The maximum atomic E-state index is 3.84. The summed E-state index contributed by atoms with van der Waals surface area (Å²) < 4.78 is 0. The lowest BCUT2D eigenvalue weighted by Gasteiger charge is -1.97. The Labute approximate surface area is 84.4 Å². The number of allylic oxidation sites excluding steroid dienone is 2. The van der Waals surface area contributed by atoms with Gasteiger partial charge in [-0.25, -0.2) is 0 Å². The maximum absolute atomic E-state index is 3.84. The van der Waals surface area contributed by atoms with Crippen LogP contribution in [0.2, 0.25) is 0 Å². The predicted octanol–water partition coefficient (Wildman–Crippen LogP) is 4.91. The van der Waals surface area contributed by atoms with Gasteiger partial charge in [-0.2, -0.15) is 0 Å². The van der Waals surface area contributed by atoms with E-state index in [2.05, 4.69) is 26.0 Å². The molecule has 0 amide bonds. The zero-order chi connectivity index (χ0) is 9.78. The molecule has 77 valence electrons. The van der Waals surface area contributed by atoms with Crippen LogP contribution in [0.1, 0.15) is 64.7 Å². The molecule has 0 saturated carbocycles. The first kappa shape index (κ1) is 12.7. The van der Waals surface area contributed by atoms with Gasteiger partial charge in [-0.1, -0.05) is 64.5 Å². The molecule has 0 N–H and O–H groups in total. The van der Waals surface area contributed by atoms with Gasteiger partial charge in [0, 0.05) is 0 Å². The zero-order valence-corrected chi connectivity index (χ0v) is 9.23. The first-order valence-electron chi connectivity index (χ1n) is 5.86. The van der Waals surface area contributed by atoms with Crippen LogP contribution in [-0.4, -0.2) is 0 Å². The van der Waals surface area contributed by atoms with E-state index in [-0.39, 0.29) is 0 Å². The number of rotatable bonds is 9. The highest BCUT2D eigenvalue weighted by atomic mass is 13.9. The summed E-state index contributed by atoms with van der Waals surface area (Å²) in [4.78, 5) is 0. The summed E-state index contributed by atoms with van der Waals surface area (Å²) >= 11 is 0. The molecule has 0 heteroatoms. The minimum absolute atomic E-state index is 1.11. The average Bonchev–Trinajstić information content (AvgIpc) is 2.16. The standard InChI is InChI=1S/C13H25/c1-3-5-7-9-11-13-12-10-8-6-4-2/h8,10H,1,3-7,9,11-13H2,2H3. The second-order valence-corrected chi connectivity index (χ2v) is 3.67. The van der Waals surface area contributed by atoms with E-state index in [0.29, 0.717) is 0 Å². The van der Waals surface area contributed by atoms with Gasteiger partial charge in [0.15, 0.2) is 0 Å². The third-order valence-electron chi connectivity index (χ3n) is 2.24. The fourth-order valence-electron chi connectivity index (χ4n) is 1.37. The number of hydrogen-bond acceptors (Lipinski definition) is 0. The van der Waals surface area contributed by atoms with Gasteiger partial charge in [0.25, 0.3) is 0 Å². The van der Waals surface area contributed by atoms with Crippen molar-refractivity contribution < 1.29 is 0 Å².